The summed E-state index contributed by atoms with van der Waals surface area (Å²) in [6.45, 7) is 3.33. The van der Waals surface area contributed by atoms with Gasteiger partial charge in [0.25, 0.3) is 10.0 Å². The number of benzene rings is 1. The molecule has 0 spiro atoms. The first kappa shape index (κ1) is 26.8. The zero-order valence-electron chi connectivity index (χ0n) is 18.5. The predicted octanol–water partition coefficient (Wildman–Crippen LogP) is 0.358. The molecule has 15 heteroatoms. The Morgan fingerprint density at radius 2 is 1.91 bits per heavy atom. The summed E-state index contributed by atoms with van der Waals surface area (Å²) in [6.07, 6.45) is 0.430. The van der Waals surface area contributed by atoms with Crippen LogP contribution in [-0.2, 0) is 30.9 Å². The highest BCUT2D eigenvalue weighted by molar-refractivity contribution is 7.91. The van der Waals surface area contributed by atoms with Crippen molar-refractivity contribution in [1.82, 2.24) is 9.71 Å². The number of aliphatic carboxylic acids is 1. The normalized spacial score (nSPS) is 11.9. The summed E-state index contributed by atoms with van der Waals surface area (Å²) in [7, 11) is -4.19. The van der Waals surface area contributed by atoms with E-state index < -0.39 is 27.9 Å². The van der Waals surface area contributed by atoms with Crippen LogP contribution in [0.4, 0.5) is 5.13 Å². The van der Waals surface area contributed by atoms with E-state index in [1.54, 1.807) is 24.3 Å². The van der Waals surface area contributed by atoms with Crippen molar-refractivity contribution in [3.8, 4) is 5.75 Å². The molecule has 0 aliphatic rings. The van der Waals surface area contributed by atoms with Gasteiger partial charge in [-0.05, 0) is 36.2 Å². The molecule has 0 fully saturated rings. The molecule has 0 bridgehead atoms. The van der Waals surface area contributed by atoms with Crippen LogP contribution in [-0.4, -0.2) is 55.6 Å². The minimum atomic E-state index is -4.19. The number of oxime groups is 1. The number of carbonyl (C=O) groups excluding carboxylic acids is 1. The van der Waals surface area contributed by atoms with Crippen molar-refractivity contribution in [2.24, 2.45) is 16.6 Å². The molecule has 1 atom stereocenters. The third-order valence-electron chi connectivity index (χ3n) is 4.06. The maximum absolute atomic E-state index is 12.8. The van der Waals surface area contributed by atoms with Crippen LogP contribution in [0.1, 0.15) is 24.6 Å². The molecule has 34 heavy (non-hydrogen) atoms. The van der Waals surface area contributed by atoms with Gasteiger partial charge in [-0.1, -0.05) is 23.5 Å². The molecule has 0 aliphatic carbocycles. The number of nitrogens with zero attached hydrogens (tertiary/aromatic N) is 2. The number of aromatic nitrogens is 1. The lowest BCUT2D eigenvalue weighted by Crippen LogP contribution is -2.42. The molecule has 1 amide bonds. The van der Waals surface area contributed by atoms with Gasteiger partial charge in [0.15, 0.2) is 9.34 Å². The highest BCUT2D eigenvalue weighted by Crippen LogP contribution is 2.27. The summed E-state index contributed by atoms with van der Waals surface area (Å²) in [6, 6.07) is 5.15. The minimum Gasteiger partial charge on any atom is -0.493 e. The molecule has 2 rings (SSSR count). The zero-order valence-corrected chi connectivity index (χ0v) is 20.1. The molecule has 7 N–H and O–H groups in total. The molecule has 2 aromatic rings. The fraction of sp³-hybridized carbons (Fsp3) is 0.368. The quantitative estimate of drug-likeness (QED) is 0.107. The lowest BCUT2D eigenvalue weighted by atomic mass is 10.1. The van der Waals surface area contributed by atoms with Gasteiger partial charge in [-0.15, -0.1) is 0 Å². The number of hydrogen-bond acceptors (Lipinski definition) is 9. The Morgan fingerprint density at radius 1 is 1.24 bits per heavy atom. The Hall–Kier alpha value is -3.43. The fourth-order valence-corrected chi connectivity index (χ4v) is 5.31. The summed E-state index contributed by atoms with van der Waals surface area (Å²) in [5.74, 6) is -1.37. The number of carboxylic acid groups (broad SMARTS) is 1. The third kappa shape index (κ3) is 8.49. The van der Waals surface area contributed by atoms with E-state index in [2.05, 4.69) is 20.2 Å². The van der Waals surface area contributed by atoms with Crippen LogP contribution in [0.5, 0.6) is 5.75 Å². The van der Waals surface area contributed by atoms with Crippen molar-refractivity contribution in [3.05, 3.63) is 35.5 Å². The van der Waals surface area contributed by atoms with Crippen molar-refractivity contribution in [2.45, 2.75) is 36.9 Å². The van der Waals surface area contributed by atoms with Gasteiger partial charge in [-0.3, -0.25) is 9.59 Å². The maximum atomic E-state index is 12.8. The van der Waals surface area contributed by atoms with Crippen LogP contribution >= 0.6 is 11.3 Å². The van der Waals surface area contributed by atoms with Crippen LogP contribution in [0.3, 0.4) is 0 Å². The maximum Gasteiger partial charge on any atom is 0.322 e. The van der Waals surface area contributed by atoms with Gasteiger partial charge < -0.3 is 31.5 Å². The van der Waals surface area contributed by atoms with Gasteiger partial charge in [0.1, 0.15) is 18.4 Å². The molecule has 1 heterocycles. The largest absolute Gasteiger partial charge is 0.493 e. The number of rotatable bonds is 13. The number of amides is 1. The van der Waals surface area contributed by atoms with Crippen LogP contribution in [0, 0.1) is 6.92 Å². The van der Waals surface area contributed by atoms with Crippen molar-refractivity contribution in [1.29, 1.82) is 0 Å². The average molecular weight is 515 g/mol. The second-order valence-corrected chi connectivity index (χ2v) is 9.89. The number of carbonyl (C=O) groups is 2. The molecular weight excluding hydrogens is 488 g/mol. The molecule has 186 valence electrons. The van der Waals surface area contributed by atoms with Crippen LogP contribution < -0.4 is 26.2 Å². The number of aryl methyl sites for hydroxylation is 1. The summed E-state index contributed by atoms with van der Waals surface area (Å²) in [5, 5.41) is 15.5. The van der Waals surface area contributed by atoms with Gasteiger partial charge in [-0.2, -0.15) is 4.72 Å². The number of sulfonamides is 1. The molecule has 1 unspecified atom stereocenters. The van der Waals surface area contributed by atoms with Gasteiger partial charge in [0, 0.05) is 13.3 Å². The third-order valence-corrected chi connectivity index (χ3v) is 7.21. The smallest absolute Gasteiger partial charge is 0.322 e. The number of anilines is 1. The number of carboxylic acids is 1. The molecule has 1 aromatic carbocycles. The Labute approximate surface area is 200 Å². The summed E-state index contributed by atoms with van der Waals surface area (Å²) < 4.78 is 33.1. The van der Waals surface area contributed by atoms with Crippen molar-refractivity contribution in [2.75, 3.05) is 18.5 Å². The fourth-order valence-electron chi connectivity index (χ4n) is 2.65. The van der Waals surface area contributed by atoms with Crippen molar-refractivity contribution in [3.63, 3.8) is 0 Å². The highest BCUT2D eigenvalue weighted by atomic mass is 32.2. The molecule has 0 saturated carbocycles. The van der Waals surface area contributed by atoms with Gasteiger partial charge in [0.05, 0.1) is 12.3 Å². The van der Waals surface area contributed by atoms with Gasteiger partial charge in [-0.25, -0.2) is 13.4 Å². The first-order chi connectivity index (χ1) is 16.0. The highest BCUT2D eigenvalue weighted by Gasteiger charge is 2.29. The number of thiazole rings is 1. The Balaban J connectivity index is 1.98. The zero-order chi connectivity index (χ0) is 25.3. The van der Waals surface area contributed by atoms with E-state index in [0.717, 1.165) is 11.3 Å². The standard InChI is InChI=1S/C19H26N6O7S2/c1-11-17(33-19(22-11)23-12(2)26)34(29,30)25-15(16(27)28)10-13-4-6-14(7-5-13)31-8-3-9-32-24-18(20)21/h4-7,15,25H,3,8-10H2,1-2H3,(H,27,28)(H4,20,21,24)(H,22,23,26). The van der Waals surface area contributed by atoms with E-state index in [4.69, 9.17) is 21.0 Å². The second kappa shape index (κ2) is 12.2. The Kier molecular flexibility index (Phi) is 9.58. The summed E-state index contributed by atoms with van der Waals surface area (Å²) >= 11 is 0.739. The first-order valence-electron chi connectivity index (χ1n) is 9.90. The van der Waals surface area contributed by atoms with Crippen molar-refractivity contribution < 1.29 is 32.7 Å². The van der Waals surface area contributed by atoms with E-state index in [-0.39, 0.29) is 34.0 Å². The van der Waals surface area contributed by atoms with Crippen molar-refractivity contribution >= 4 is 44.3 Å². The number of nitrogens with two attached hydrogens (primary N) is 2. The topological polar surface area (TPSA) is 208 Å². The SMILES string of the molecule is CC(=O)Nc1nc(C)c(S(=O)(=O)NC(Cc2ccc(OCCCON=C(N)N)cc2)C(=O)O)s1. The second-order valence-electron chi connectivity index (χ2n) is 6.98. The number of ether oxygens (including phenoxy) is 1. The molecule has 1 aromatic heterocycles. The average Bonchev–Trinajstić information content (AvgIpc) is 3.11. The van der Waals surface area contributed by atoms with E-state index in [0.29, 0.717) is 24.3 Å². The summed E-state index contributed by atoms with van der Waals surface area (Å²) in [5.41, 5.74) is 11.0. The van der Waals surface area contributed by atoms with Crippen LogP contribution in [0.15, 0.2) is 33.6 Å². The Bertz CT molecular complexity index is 1130. The molecule has 13 nitrogen and oxygen atoms in total. The lowest BCUT2D eigenvalue weighted by Gasteiger charge is -2.15. The predicted molar refractivity (Wildman–Crippen MR) is 125 cm³/mol. The number of nitrogens with one attached hydrogen (secondary N) is 2. The van der Waals surface area contributed by atoms with E-state index >= 15 is 0 Å². The Morgan fingerprint density at radius 3 is 2.50 bits per heavy atom. The molecular formula is C19H26N6O7S2. The van der Waals surface area contributed by atoms with E-state index in [9.17, 15) is 23.1 Å². The number of guanidine groups is 1. The van der Waals surface area contributed by atoms with Crippen LogP contribution in [0.2, 0.25) is 0 Å². The first-order valence-corrected chi connectivity index (χ1v) is 12.2. The molecule has 0 aliphatic heterocycles. The summed E-state index contributed by atoms with van der Waals surface area (Å²) in [4.78, 5) is 31.7. The number of hydrogen-bond donors (Lipinski definition) is 5. The van der Waals surface area contributed by atoms with Crippen LogP contribution in [0.25, 0.3) is 0 Å². The van der Waals surface area contributed by atoms with Gasteiger partial charge >= 0.3 is 5.97 Å². The lowest BCUT2D eigenvalue weighted by molar-refractivity contribution is -0.138. The van der Waals surface area contributed by atoms with Gasteiger partial charge in [0.2, 0.25) is 11.9 Å². The van der Waals surface area contributed by atoms with E-state index in [1.807, 2.05) is 0 Å². The monoisotopic (exact) mass is 514 g/mol. The van der Waals surface area contributed by atoms with E-state index in [1.165, 1.54) is 13.8 Å². The molecule has 0 saturated heterocycles. The molecule has 0 radical (unpaired) electrons. The minimum absolute atomic E-state index is 0.0996.